The van der Waals surface area contributed by atoms with Crippen LogP contribution in [-0.4, -0.2) is 42.1 Å². The normalized spacial score (nSPS) is 10.4. The Morgan fingerprint density at radius 1 is 1.14 bits per heavy atom. The Balaban J connectivity index is 1.83. The van der Waals surface area contributed by atoms with Gasteiger partial charge in [0.2, 0.25) is 5.91 Å². The van der Waals surface area contributed by atoms with Gasteiger partial charge in [0.1, 0.15) is 0 Å². The van der Waals surface area contributed by atoms with E-state index in [0.717, 1.165) is 12.0 Å². The van der Waals surface area contributed by atoms with E-state index in [1.165, 1.54) is 11.3 Å². The van der Waals surface area contributed by atoms with Gasteiger partial charge < -0.3 is 9.80 Å². The van der Waals surface area contributed by atoms with Crippen LogP contribution in [-0.2, 0) is 17.8 Å². The maximum absolute atomic E-state index is 12.1. The van der Waals surface area contributed by atoms with Crippen molar-refractivity contribution in [3.8, 4) is 0 Å². The molecule has 5 nitrogen and oxygen atoms in total. The SMILES string of the molecule is CN(Cc1cn[nH]c1)C(=O)CCc1ccc(N(C)C)cc1. The number of hydrogen-bond acceptors (Lipinski definition) is 3. The number of anilines is 1. The lowest BCUT2D eigenvalue weighted by Gasteiger charge is -2.16. The number of aromatic amines is 1. The Hall–Kier alpha value is -2.30. The second-order valence-electron chi connectivity index (χ2n) is 5.42. The Bertz CT molecular complexity index is 560. The highest BCUT2D eigenvalue weighted by Gasteiger charge is 2.10. The number of H-pyrrole nitrogens is 1. The van der Waals surface area contributed by atoms with Crippen LogP contribution in [0.3, 0.4) is 0 Å². The van der Waals surface area contributed by atoms with Crippen LogP contribution in [0.25, 0.3) is 0 Å². The monoisotopic (exact) mass is 286 g/mol. The highest BCUT2D eigenvalue weighted by atomic mass is 16.2. The van der Waals surface area contributed by atoms with Gasteiger partial charge in [-0.25, -0.2) is 0 Å². The second-order valence-corrected chi connectivity index (χ2v) is 5.42. The van der Waals surface area contributed by atoms with Crippen LogP contribution in [0.1, 0.15) is 17.5 Å². The lowest BCUT2D eigenvalue weighted by Crippen LogP contribution is -2.26. The fourth-order valence-corrected chi connectivity index (χ4v) is 2.13. The lowest BCUT2D eigenvalue weighted by molar-refractivity contribution is -0.130. The number of hydrogen-bond donors (Lipinski definition) is 1. The van der Waals surface area contributed by atoms with E-state index in [1.807, 2.05) is 27.3 Å². The van der Waals surface area contributed by atoms with E-state index in [9.17, 15) is 4.79 Å². The molecule has 1 amide bonds. The van der Waals surface area contributed by atoms with Crippen molar-refractivity contribution in [2.75, 3.05) is 26.0 Å². The van der Waals surface area contributed by atoms with Crippen molar-refractivity contribution < 1.29 is 4.79 Å². The number of carbonyl (C=O) groups excluding carboxylic acids is 1. The van der Waals surface area contributed by atoms with E-state index >= 15 is 0 Å². The number of aryl methyl sites for hydroxylation is 1. The van der Waals surface area contributed by atoms with E-state index in [-0.39, 0.29) is 5.91 Å². The number of carbonyl (C=O) groups is 1. The fraction of sp³-hybridized carbons (Fsp3) is 0.375. The summed E-state index contributed by atoms with van der Waals surface area (Å²) in [4.78, 5) is 15.9. The first-order valence-corrected chi connectivity index (χ1v) is 7.04. The van der Waals surface area contributed by atoms with Crippen molar-refractivity contribution in [3.63, 3.8) is 0 Å². The lowest BCUT2D eigenvalue weighted by atomic mass is 10.1. The number of nitrogens with one attached hydrogen (secondary N) is 1. The predicted molar refractivity (Wildman–Crippen MR) is 84.2 cm³/mol. The summed E-state index contributed by atoms with van der Waals surface area (Å²) >= 11 is 0. The van der Waals surface area contributed by atoms with Gasteiger partial charge in [0, 0.05) is 51.6 Å². The van der Waals surface area contributed by atoms with Gasteiger partial charge >= 0.3 is 0 Å². The van der Waals surface area contributed by atoms with E-state index in [2.05, 4.69) is 39.4 Å². The van der Waals surface area contributed by atoms with E-state index in [1.54, 1.807) is 11.1 Å². The topological polar surface area (TPSA) is 52.2 Å². The minimum absolute atomic E-state index is 0.146. The summed E-state index contributed by atoms with van der Waals surface area (Å²) < 4.78 is 0. The first-order valence-electron chi connectivity index (χ1n) is 7.04. The molecule has 0 atom stereocenters. The predicted octanol–water partition coefficient (Wildman–Crippen LogP) is 2.07. The van der Waals surface area contributed by atoms with Gasteiger partial charge in [0.05, 0.1) is 6.20 Å². The summed E-state index contributed by atoms with van der Waals surface area (Å²) in [7, 11) is 5.86. The van der Waals surface area contributed by atoms with Gasteiger partial charge in [-0.1, -0.05) is 12.1 Å². The van der Waals surface area contributed by atoms with Crippen LogP contribution in [0.2, 0.25) is 0 Å². The Labute approximate surface area is 125 Å². The van der Waals surface area contributed by atoms with Gasteiger partial charge in [-0.2, -0.15) is 5.10 Å². The van der Waals surface area contributed by atoms with Gasteiger partial charge in [-0.05, 0) is 24.1 Å². The van der Waals surface area contributed by atoms with Gasteiger partial charge in [0.15, 0.2) is 0 Å². The van der Waals surface area contributed by atoms with E-state index in [4.69, 9.17) is 0 Å². The molecule has 0 aliphatic rings. The van der Waals surface area contributed by atoms with Crippen LogP contribution < -0.4 is 4.90 Å². The van der Waals surface area contributed by atoms with Crippen LogP contribution in [0.5, 0.6) is 0 Å². The Morgan fingerprint density at radius 2 is 1.86 bits per heavy atom. The van der Waals surface area contributed by atoms with Crippen molar-refractivity contribution in [1.29, 1.82) is 0 Å². The Kier molecular flexibility index (Phi) is 4.98. The number of aromatic nitrogens is 2. The third kappa shape index (κ3) is 4.34. The molecule has 0 aliphatic carbocycles. The van der Waals surface area contributed by atoms with Crippen LogP contribution in [0, 0.1) is 0 Å². The van der Waals surface area contributed by atoms with Crippen molar-refractivity contribution in [2.24, 2.45) is 0 Å². The maximum Gasteiger partial charge on any atom is 0.222 e. The quantitative estimate of drug-likeness (QED) is 0.884. The number of rotatable bonds is 6. The minimum atomic E-state index is 0.146. The second kappa shape index (κ2) is 6.92. The molecular weight excluding hydrogens is 264 g/mol. The molecule has 1 aromatic heterocycles. The molecule has 112 valence electrons. The molecule has 5 heteroatoms. The van der Waals surface area contributed by atoms with Gasteiger partial charge in [0.25, 0.3) is 0 Å². The highest BCUT2D eigenvalue weighted by molar-refractivity contribution is 5.76. The number of amides is 1. The molecule has 1 aromatic carbocycles. The molecule has 0 unspecified atom stereocenters. The highest BCUT2D eigenvalue weighted by Crippen LogP contribution is 2.14. The molecule has 2 rings (SSSR count). The van der Waals surface area contributed by atoms with Crippen LogP contribution in [0.15, 0.2) is 36.7 Å². The third-order valence-electron chi connectivity index (χ3n) is 3.48. The molecule has 0 aliphatic heterocycles. The molecule has 1 N–H and O–H groups in total. The summed E-state index contributed by atoms with van der Waals surface area (Å²) in [5.41, 5.74) is 3.37. The zero-order valence-electron chi connectivity index (χ0n) is 12.8. The molecule has 21 heavy (non-hydrogen) atoms. The molecule has 0 spiro atoms. The smallest absolute Gasteiger partial charge is 0.222 e. The summed E-state index contributed by atoms with van der Waals surface area (Å²) in [6.07, 6.45) is 4.84. The van der Waals surface area contributed by atoms with Crippen LogP contribution in [0.4, 0.5) is 5.69 Å². The maximum atomic E-state index is 12.1. The van der Waals surface area contributed by atoms with Crippen molar-refractivity contribution in [3.05, 3.63) is 47.8 Å². The van der Waals surface area contributed by atoms with Crippen LogP contribution >= 0.6 is 0 Å². The van der Waals surface area contributed by atoms with Crippen molar-refractivity contribution in [1.82, 2.24) is 15.1 Å². The summed E-state index contributed by atoms with van der Waals surface area (Å²) in [6, 6.07) is 8.32. The van der Waals surface area contributed by atoms with Crippen molar-refractivity contribution in [2.45, 2.75) is 19.4 Å². The first-order chi connectivity index (χ1) is 10.1. The average molecular weight is 286 g/mol. The third-order valence-corrected chi connectivity index (χ3v) is 3.48. The minimum Gasteiger partial charge on any atom is -0.378 e. The average Bonchev–Trinajstić information content (AvgIpc) is 2.98. The van der Waals surface area contributed by atoms with Crippen molar-refractivity contribution >= 4 is 11.6 Å². The zero-order chi connectivity index (χ0) is 15.2. The molecule has 0 fully saturated rings. The number of nitrogens with zero attached hydrogens (tertiary/aromatic N) is 3. The first kappa shape index (κ1) is 15.1. The van der Waals surface area contributed by atoms with Gasteiger partial charge in [-0.3, -0.25) is 9.89 Å². The zero-order valence-corrected chi connectivity index (χ0v) is 12.8. The summed E-state index contributed by atoms with van der Waals surface area (Å²) in [5.74, 6) is 0.146. The Morgan fingerprint density at radius 3 is 2.43 bits per heavy atom. The molecule has 0 radical (unpaired) electrons. The molecule has 0 bridgehead atoms. The summed E-state index contributed by atoms with van der Waals surface area (Å²) in [6.45, 7) is 0.592. The largest absolute Gasteiger partial charge is 0.378 e. The molecule has 1 heterocycles. The van der Waals surface area contributed by atoms with Gasteiger partial charge in [-0.15, -0.1) is 0 Å². The molecular formula is C16H22N4O. The molecule has 0 saturated heterocycles. The molecule has 0 saturated carbocycles. The van der Waals surface area contributed by atoms with E-state index in [0.29, 0.717) is 13.0 Å². The summed E-state index contributed by atoms with van der Waals surface area (Å²) in [5, 5.41) is 6.64. The molecule has 2 aromatic rings. The standard InChI is InChI=1S/C16H22N4O/c1-19(2)15-7-4-13(5-8-15)6-9-16(21)20(3)12-14-10-17-18-11-14/h4-5,7-8,10-11H,6,9,12H2,1-3H3,(H,17,18). The number of benzene rings is 1. The van der Waals surface area contributed by atoms with E-state index < -0.39 is 0 Å². The fourth-order valence-electron chi connectivity index (χ4n) is 2.13.